The van der Waals surface area contributed by atoms with Gasteiger partial charge in [-0.1, -0.05) is 13.8 Å². The third kappa shape index (κ3) is 3.49. The highest BCUT2D eigenvalue weighted by molar-refractivity contribution is 5.97. The molecule has 6 nitrogen and oxygen atoms in total. The van der Waals surface area contributed by atoms with Crippen molar-refractivity contribution in [3.8, 4) is 0 Å². The molecule has 4 rings (SSSR count). The molecule has 28 heavy (non-hydrogen) atoms. The van der Waals surface area contributed by atoms with E-state index in [1.807, 2.05) is 0 Å². The Kier molecular flexibility index (Phi) is 5.30. The van der Waals surface area contributed by atoms with Crippen LogP contribution in [-0.4, -0.2) is 46.9 Å². The van der Waals surface area contributed by atoms with Crippen molar-refractivity contribution in [2.24, 2.45) is 23.5 Å². The van der Waals surface area contributed by atoms with E-state index in [0.717, 1.165) is 38.8 Å². The van der Waals surface area contributed by atoms with E-state index in [1.54, 1.807) is 18.3 Å². The second-order valence-corrected chi connectivity index (χ2v) is 9.20. The number of aromatic nitrogens is 1. The minimum atomic E-state index is -0.426. The first-order chi connectivity index (χ1) is 13.5. The number of carbonyl (C=O) groups is 2. The van der Waals surface area contributed by atoms with E-state index in [9.17, 15) is 9.59 Å². The van der Waals surface area contributed by atoms with Crippen LogP contribution in [0.5, 0.6) is 0 Å². The molecule has 0 aromatic carbocycles. The van der Waals surface area contributed by atoms with Crippen molar-refractivity contribution in [1.82, 2.24) is 9.88 Å². The molecule has 1 aromatic heterocycles. The molecule has 152 valence electrons. The van der Waals surface area contributed by atoms with E-state index < -0.39 is 5.91 Å². The third-order valence-corrected chi connectivity index (χ3v) is 6.89. The maximum Gasteiger partial charge on any atom is 0.252 e. The number of carbonyl (C=O) groups excluding carboxylic acids is 2. The number of hydrogen-bond acceptors (Lipinski definition) is 4. The summed E-state index contributed by atoms with van der Waals surface area (Å²) >= 11 is 0. The predicted octanol–water partition coefficient (Wildman–Crippen LogP) is 2.82. The number of anilines is 1. The van der Waals surface area contributed by atoms with E-state index in [-0.39, 0.29) is 0 Å². The molecule has 0 aliphatic carbocycles. The number of fused-ring (bicyclic) bond motifs is 4. The molecule has 4 heterocycles. The summed E-state index contributed by atoms with van der Waals surface area (Å²) in [7, 11) is 0. The Bertz CT molecular complexity index is 750. The van der Waals surface area contributed by atoms with Gasteiger partial charge in [0.15, 0.2) is 0 Å². The van der Waals surface area contributed by atoms with Gasteiger partial charge in [0.25, 0.3) is 5.91 Å². The minimum Gasteiger partial charge on any atom is -0.365 e. The lowest BCUT2D eigenvalue weighted by atomic mass is 9.70. The van der Waals surface area contributed by atoms with Gasteiger partial charge >= 0.3 is 0 Å². The highest BCUT2D eigenvalue weighted by Gasteiger charge is 2.49. The zero-order valence-electron chi connectivity index (χ0n) is 17.0. The number of nitrogens with zero attached hydrogens (tertiary/aromatic N) is 3. The number of hydrogen-bond donors (Lipinski definition) is 1. The highest BCUT2D eigenvalue weighted by Crippen LogP contribution is 2.44. The van der Waals surface area contributed by atoms with Gasteiger partial charge in [0, 0.05) is 37.8 Å². The lowest BCUT2D eigenvalue weighted by Crippen LogP contribution is -2.65. The summed E-state index contributed by atoms with van der Waals surface area (Å²) in [5.74, 6) is 2.14. The molecule has 0 unspecified atom stereocenters. The van der Waals surface area contributed by atoms with Gasteiger partial charge in [-0.05, 0) is 62.0 Å². The van der Waals surface area contributed by atoms with Crippen LogP contribution in [0.1, 0.15) is 62.7 Å². The largest absolute Gasteiger partial charge is 0.365 e. The van der Waals surface area contributed by atoms with Crippen molar-refractivity contribution in [2.75, 3.05) is 18.0 Å². The molecule has 3 aliphatic heterocycles. The van der Waals surface area contributed by atoms with Gasteiger partial charge in [0.1, 0.15) is 5.82 Å². The number of primary amides is 1. The maximum atomic E-state index is 12.8. The Hall–Kier alpha value is -2.11. The van der Waals surface area contributed by atoms with Crippen LogP contribution in [0.4, 0.5) is 5.82 Å². The first-order valence-corrected chi connectivity index (χ1v) is 10.8. The zero-order chi connectivity index (χ0) is 19.8. The van der Waals surface area contributed by atoms with Gasteiger partial charge in [-0.3, -0.25) is 9.59 Å². The third-order valence-electron chi connectivity index (χ3n) is 6.89. The van der Waals surface area contributed by atoms with Crippen LogP contribution < -0.4 is 10.6 Å². The lowest BCUT2D eigenvalue weighted by Gasteiger charge is -2.57. The van der Waals surface area contributed by atoms with E-state index in [4.69, 9.17) is 5.73 Å². The van der Waals surface area contributed by atoms with Crippen molar-refractivity contribution in [3.63, 3.8) is 0 Å². The van der Waals surface area contributed by atoms with Gasteiger partial charge in [-0.2, -0.15) is 0 Å². The van der Waals surface area contributed by atoms with Gasteiger partial charge in [-0.15, -0.1) is 0 Å². The van der Waals surface area contributed by atoms with Crippen LogP contribution in [0.2, 0.25) is 0 Å². The average Bonchev–Trinajstić information content (AvgIpc) is 2.68. The number of amides is 2. The summed E-state index contributed by atoms with van der Waals surface area (Å²) in [6, 6.07) is 4.17. The molecule has 2 bridgehead atoms. The van der Waals surface area contributed by atoms with Gasteiger partial charge in [0.2, 0.25) is 5.91 Å². The Morgan fingerprint density at radius 3 is 2.86 bits per heavy atom. The van der Waals surface area contributed by atoms with E-state index >= 15 is 0 Å². The quantitative estimate of drug-likeness (QED) is 0.847. The number of rotatable bonds is 5. The molecule has 3 fully saturated rings. The number of pyridine rings is 1. The molecule has 0 radical (unpaired) electrons. The minimum absolute atomic E-state index is 0.306. The van der Waals surface area contributed by atoms with Crippen LogP contribution >= 0.6 is 0 Å². The van der Waals surface area contributed by atoms with Crippen molar-refractivity contribution in [2.45, 2.75) is 64.5 Å². The summed E-state index contributed by atoms with van der Waals surface area (Å²) < 4.78 is 0. The number of nitrogens with two attached hydrogens (primary N) is 1. The molecule has 0 spiro atoms. The monoisotopic (exact) mass is 384 g/mol. The molecular formula is C22H32N4O2. The average molecular weight is 385 g/mol. The van der Waals surface area contributed by atoms with Crippen molar-refractivity contribution < 1.29 is 9.59 Å². The van der Waals surface area contributed by atoms with Crippen molar-refractivity contribution in [1.29, 1.82) is 0 Å². The fourth-order valence-electron chi connectivity index (χ4n) is 5.67. The van der Waals surface area contributed by atoms with Crippen LogP contribution in [0.3, 0.4) is 0 Å². The first-order valence-electron chi connectivity index (χ1n) is 10.8. The van der Waals surface area contributed by atoms with Gasteiger partial charge in [0.05, 0.1) is 5.56 Å². The summed E-state index contributed by atoms with van der Waals surface area (Å²) in [5.41, 5.74) is 6.11. The smallest absolute Gasteiger partial charge is 0.252 e. The molecule has 2 N–H and O–H groups in total. The number of piperidine rings is 3. The molecule has 3 aliphatic rings. The Morgan fingerprint density at radius 2 is 2.11 bits per heavy atom. The Labute approximate surface area is 167 Å². The molecule has 6 heteroatoms. The maximum absolute atomic E-state index is 12.8. The second kappa shape index (κ2) is 7.72. The Balaban J connectivity index is 1.64. The SMILES string of the molecule is CC(C)CC[C@H]1[C@H]2C[C@H](CN(c3ncccc3C(N)=O)C2)[C@@H]2CCCC(=O)N21. The Morgan fingerprint density at radius 1 is 1.32 bits per heavy atom. The highest BCUT2D eigenvalue weighted by atomic mass is 16.2. The van der Waals surface area contributed by atoms with Crippen molar-refractivity contribution in [3.05, 3.63) is 23.9 Å². The fourth-order valence-corrected chi connectivity index (χ4v) is 5.67. The summed E-state index contributed by atoms with van der Waals surface area (Å²) in [5, 5.41) is 0. The second-order valence-electron chi connectivity index (χ2n) is 9.20. The molecule has 4 atom stereocenters. The van der Waals surface area contributed by atoms with Crippen LogP contribution in [0, 0.1) is 17.8 Å². The van der Waals surface area contributed by atoms with E-state index in [0.29, 0.717) is 53.5 Å². The molecular weight excluding hydrogens is 352 g/mol. The molecule has 0 saturated carbocycles. The summed E-state index contributed by atoms with van der Waals surface area (Å²) in [4.78, 5) is 33.8. The predicted molar refractivity (Wildman–Crippen MR) is 109 cm³/mol. The van der Waals surface area contributed by atoms with Crippen LogP contribution in [0.15, 0.2) is 18.3 Å². The van der Waals surface area contributed by atoms with Crippen LogP contribution in [-0.2, 0) is 4.79 Å². The van der Waals surface area contributed by atoms with E-state index in [1.165, 1.54) is 6.42 Å². The van der Waals surface area contributed by atoms with Crippen molar-refractivity contribution >= 4 is 17.6 Å². The van der Waals surface area contributed by atoms with Crippen LogP contribution in [0.25, 0.3) is 0 Å². The normalized spacial score (nSPS) is 29.8. The van der Waals surface area contributed by atoms with E-state index in [2.05, 4.69) is 28.6 Å². The topological polar surface area (TPSA) is 79.5 Å². The molecule has 3 saturated heterocycles. The standard InChI is InChI=1S/C22H32N4O2/c1-14(2)8-9-19-16-11-15(18-6-3-7-20(27)26(18)19)12-25(13-16)22-17(21(23)28)5-4-10-24-22/h4-5,10,14-16,18-19H,3,6-9,11-13H2,1-2H3,(H2,23,28)/t15-,16+,18+,19+/m1/s1. The van der Waals surface area contributed by atoms with Gasteiger partial charge < -0.3 is 15.5 Å². The summed E-state index contributed by atoms with van der Waals surface area (Å²) in [6.45, 7) is 6.19. The zero-order valence-corrected chi connectivity index (χ0v) is 17.0. The fraction of sp³-hybridized carbons (Fsp3) is 0.682. The first kappa shape index (κ1) is 19.2. The summed E-state index contributed by atoms with van der Waals surface area (Å²) in [6.07, 6.45) is 7.90. The molecule has 2 amide bonds. The van der Waals surface area contributed by atoms with Gasteiger partial charge in [-0.25, -0.2) is 4.98 Å². The lowest BCUT2D eigenvalue weighted by molar-refractivity contribution is -0.149. The molecule has 1 aromatic rings.